The Kier molecular flexibility index (Phi) is 3.83. The number of carboxylic acids is 1. The van der Waals surface area contributed by atoms with Crippen molar-refractivity contribution < 1.29 is 19.5 Å². The van der Waals surface area contributed by atoms with Crippen LogP contribution in [0.15, 0.2) is 18.2 Å². The van der Waals surface area contributed by atoms with E-state index in [0.29, 0.717) is 18.7 Å². The lowest BCUT2D eigenvalue weighted by Crippen LogP contribution is -2.52. The minimum absolute atomic E-state index is 0.0443. The van der Waals surface area contributed by atoms with Gasteiger partial charge >= 0.3 is 11.9 Å². The van der Waals surface area contributed by atoms with Crippen LogP contribution in [-0.2, 0) is 22.4 Å². The molecule has 6 nitrogen and oxygen atoms in total. The summed E-state index contributed by atoms with van der Waals surface area (Å²) in [7, 11) is 0. The third-order valence-corrected chi connectivity index (χ3v) is 4.38. The Bertz CT molecular complexity index is 633. The molecule has 1 N–H and O–H groups in total. The summed E-state index contributed by atoms with van der Waals surface area (Å²) >= 11 is 0. The normalized spacial score (nSPS) is 17.3. The summed E-state index contributed by atoms with van der Waals surface area (Å²) in [4.78, 5) is 37.5. The molecule has 22 heavy (non-hydrogen) atoms. The number of amides is 2. The SMILES string of the molecule is O=C(O)C(=O)N1CCN(C(=O)c2ccc3c(c2)CCC3)CC1. The molecular formula is C16H18N2O4. The van der Waals surface area contributed by atoms with Crippen LogP contribution in [0.5, 0.6) is 0 Å². The van der Waals surface area contributed by atoms with Gasteiger partial charge < -0.3 is 14.9 Å². The number of carbonyl (C=O) groups is 3. The summed E-state index contributed by atoms with van der Waals surface area (Å²) in [5.41, 5.74) is 3.26. The van der Waals surface area contributed by atoms with Crippen molar-refractivity contribution >= 4 is 17.8 Å². The van der Waals surface area contributed by atoms with E-state index in [2.05, 4.69) is 0 Å². The van der Waals surface area contributed by atoms with E-state index in [1.54, 1.807) is 4.90 Å². The quantitative estimate of drug-likeness (QED) is 0.768. The molecule has 0 spiro atoms. The molecule has 0 aromatic heterocycles. The second-order valence-corrected chi connectivity index (χ2v) is 5.73. The molecule has 1 aromatic carbocycles. The zero-order chi connectivity index (χ0) is 15.7. The van der Waals surface area contributed by atoms with Gasteiger partial charge in [0.05, 0.1) is 0 Å². The van der Waals surface area contributed by atoms with Crippen molar-refractivity contribution in [2.24, 2.45) is 0 Å². The fourth-order valence-corrected chi connectivity index (χ4v) is 3.14. The first-order chi connectivity index (χ1) is 10.6. The third kappa shape index (κ3) is 2.68. The van der Waals surface area contributed by atoms with Crippen LogP contribution >= 0.6 is 0 Å². The summed E-state index contributed by atoms with van der Waals surface area (Å²) in [5.74, 6) is -2.39. The zero-order valence-corrected chi connectivity index (χ0v) is 12.2. The van der Waals surface area contributed by atoms with E-state index in [1.807, 2.05) is 18.2 Å². The maximum absolute atomic E-state index is 12.5. The van der Waals surface area contributed by atoms with Gasteiger partial charge in [-0.1, -0.05) is 6.07 Å². The Hall–Kier alpha value is -2.37. The van der Waals surface area contributed by atoms with Crippen molar-refractivity contribution in [3.8, 4) is 0 Å². The molecule has 0 radical (unpaired) electrons. The molecule has 116 valence electrons. The number of rotatable bonds is 1. The molecule has 3 rings (SSSR count). The number of carboxylic acid groups (broad SMARTS) is 1. The minimum atomic E-state index is -1.45. The highest BCUT2D eigenvalue weighted by Crippen LogP contribution is 2.23. The largest absolute Gasteiger partial charge is 0.474 e. The van der Waals surface area contributed by atoms with Crippen LogP contribution in [0.1, 0.15) is 27.9 Å². The molecular weight excluding hydrogens is 284 g/mol. The van der Waals surface area contributed by atoms with E-state index in [9.17, 15) is 14.4 Å². The molecule has 0 bridgehead atoms. The van der Waals surface area contributed by atoms with E-state index in [4.69, 9.17) is 5.11 Å². The standard InChI is InChI=1S/C16H18N2O4/c19-14(13-5-4-11-2-1-3-12(11)10-13)17-6-8-18(9-7-17)15(20)16(21)22/h4-5,10H,1-3,6-9H2,(H,21,22). The van der Waals surface area contributed by atoms with Crippen LogP contribution in [0.2, 0.25) is 0 Å². The highest BCUT2D eigenvalue weighted by atomic mass is 16.4. The van der Waals surface area contributed by atoms with Gasteiger partial charge in [0.1, 0.15) is 0 Å². The monoisotopic (exact) mass is 302 g/mol. The van der Waals surface area contributed by atoms with Crippen molar-refractivity contribution in [2.45, 2.75) is 19.3 Å². The van der Waals surface area contributed by atoms with Crippen LogP contribution in [0, 0.1) is 0 Å². The number of carbonyl (C=O) groups excluding carboxylic acids is 2. The van der Waals surface area contributed by atoms with Gasteiger partial charge in [0.25, 0.3) is 5.91 Å². The van der Waals surface area contributed by atoms with Gasteiger partial charge in [0, 0.05) is 31.7 Å². The average Bonchev–Trinajstić information content (AvgIpc) is 3.01. The third-order valence-electron chi connectivity index (χ3n) is 4.38. The van der Waals surface area contributed by atoms with Crippen molar-refractivity contribution in [2.75, 3.05) is 26.2 Å². The predicted molar refractivity (Wildman–Crippen MR) is 78.6 cm³/mol. The lowest BCUT2D eigenvalue weighted by molar-refractivity contribution is -0.156. The topological polar surface area (TPSA) is 77.9 Å². The fourth-order valence-electron chi connectivity index (χ4n) is 3.14. The molecule has 1 aromatic rings. The number of piperazine rings is 1. The van der Waals surface area contributed by atoms with Crippen LogP contribution < -0.4 is 0 Å². The number of nitrogens with zero attached hydrogens (tertiary/aromatic N) is 2. The molecule has 1 aliphatic heterocycles. The number of aryl methyl sites for hydroxylation is 2. The van der Waals surface area contributed by atoms with E-state index in [-0.39, 0.29) is 19.0 Å². The molecule has 0 saturated carbocycles. The van der Waals surface area contributed by atoms with Crippen LogP contribution in [0.3, 0.4) is 0 Å². The van der Waals surface area contributed by atoms with E-state index in [1.165, 1.54) is 16.0 Å². The van der Waals surface area contributed by atoms with Crippen molar-refractivity contribution in [1.29, 1.82) is 0 Å². The van der Waals surface area contributed by atoms with Crippen LogP contribution in [-0.4, -0.2) is 58.9 Å². The number of benzene rings is 1. The number of hydrogen-bond acceptors (Lipinski definition) is 3. The first-order valence-electron chi connectivity index (χ1n) is 7.49. The molecule has 1 heterocycles. The Labute approximate surface area is 128 Å². The van der Waals surface area contributed by atoms with Gasteiger partial charge in [-0.05, 0) is 42.5 Å². The van der Waals surface area contributed by atoms with Crippen molar-refractivity contribution in [3.63, 3.8) is 0 Å². The molecule has 1 fully saturated rings. The molecule has 0 atom stereocenters. The Morgan fingerprint density at radius 1 is 0.909 bits per heavy atom. The summed E-state index contributed by atoms with van der Waals surface area (Å²) in [6.07, 6.45) is 3.25. The second-order valence-electron chi connectivity index (χ2n) is 5.73. The van der Waals surface area contributed by atoms with Crippen molar-refractivity contribution in [3.05, 3.63) is 34.9 Å². The number of fused-ring (bicyclic) bond motifs is 1. The minimum Gasteiger partial charge on any atom is -0.474 e. The fraction of sp³-hybridized carbons (Fsp3) is 0.438. The van der Waals surface area contributed by atoms with Gasteiger partial charge in [0.2, 0.25) is 0 Å². The highest BCUT2D eigenvalue weighted by Gasteiger charge is 2.28. The number of hydrogen-bond donors (Lipinski definition) is 1. The predicted octanol–water partition coefficient (Wildman–Crippen LogP) is 0.544. The molecule has 2 aliphatic rings. The number of aliphatic carboxylic acids is 1. The summed E-state index contributed by atoms with van der Waals surface area (Å²) < 4.78 is 0. The summed E-state index contributed by atoms with van der Waals surface area (Å²) in [5, 5.41) is 8.71. The Morgan fingerprint density at radius 2 is 1.55 bits per heavy atom. The average molecular weight is 302 g/mol. The maximum atomic E-state index is 12.5. The summed E-state index contributed by atoms with van der Waals surface area (Å²) in [6, 6.07) is 5.86. The van der Waals surface area contributed by atoms with Gasteiger partial charge in [-0.15, -0.1) is 0 Å². The van der Waals surface area contributed by atoms with Crippen molar-refractivity contribution in [1.82, 2.24) is 9.80 Å². The first-order valence-corrected chi connectivity index (χ1v) is 7.49. The molecule has 1 aliphatic carbocycles. The molecule has 2 amide bonds. The van der Waals surface area contributed by atoms with E-state index in [0.717, 1.165) is 19.3 Å². The molecule has 6 heteroatoms. The second kappa shape index (κ2) is 5.79. The Morgan fingerprint density at radius 3 is 2.23 bits per heavy atom. The van der Waals surface area contributed by atoms with Gasteiger partial charge in [-0.2, -0.15) is 0 Å². The van der Waals surface area contributed by atoms with Gasteiger partial charge in [0.15, 0.2) is 0 Å². The van der Waals surface area contributed by atoms with E-state index >= 15 is 0 Å². The highest BCUT2D eigenvalue weighted by molar-refractivity contribution is 6.31. The molecule has 1 saturated heterocycles. The Balaban J connectivity index is 1.65. The zero-order valence-electron chi connectivity index (χ0n) is 12.2. The molecule has 0 unspecified atom stereocenters. The first kappa shape index (κ1) is 14.6. The lowest BCUT2D eigenvalue weighted by atomic mass is 10.1. The van der Waals surface area contributed by atoms with Crippen LogP contribution in [0.25, 0.3) is 0 Å². The smallest absolute Gasteiger partial charge is 0.394 e. The van der Waals surface area contributed by atoms with Gasteiger partial charge in [-0.3, -0.25) is 9.59 Å². The summed E-state index contributed by atoms with van der Waals surface area (Å²) in [6.45, 7) is 1.27. The van der Waals surface area contributed by atoms with E-state index < -0.39 is 11.9 Å². The lowest BCUT2D eigenvalue weighted by Gasteiger charge is -2.34. The van der Waals surface area contributed by atoms with Crippen LogP contribution in [0.4, 0.5) is 0 Å². The van der Waals surface area contributed by atoms with Gasteiger partial charge in [-0.25, -0.2) is 4.79 Å². The maximum Gasteiger partial charge on any atom is 0.394 e.